The summed E-state index contributed by atoms with van der Waals surface area (Å²) >= 11 is 7.78. The molecule has 114 valence electrons. The average molecular weight is 333 g/mol. The molecule has 2 heterocycles. The van der Waals surface area contributed by atoms with Crippen molar-refractivity contribution in [3.63, 3.8) is 0 Å². The van der Waals surface area contributed by atoms with Crippen LogP contribution in [0.1, 0.15) is 27.9 Å². The van der Waals surface area contributed by atoms with Gasteiger partial charge in [-0.05, 0) is 43.7 Å². The van der Waals surface area contributed by atoms with E-state index < -0.39 is 0 Å². The van der Waals surface area contributed by atoms with Crippen molar-refractivity contribution in [3.05, 3.63) is 57.6 Å². The molecule has 0 radical (unpaired) electrons. The number of aryl methyl sites for hydroxylation is 1. The van der Waals surface area contributed by atoms with E-state index in [0.717, 1.165) is 15.8 Å². The van der Waals surface area contributed by atoms with E-state index in [1.54, 1.807) is 11.3 Å². The first-order valence-corrected chi connectivity index (χ1v) is 8.40. The summed E-state index contributed by atoms with van der Waals surface area (Å²) in [6, 6.07) is 11.9. The number of rotatable bonds is 4. The molecule has 0 aliphatic heterocycles. The third-order valence-electron chi connectivity index (χ3n) is 3.51. The second-order valence-corrected chi connectivity index (χ2v) is 6.94. The van der Waals surface area contributed by atoms with Crippen molar-refractivity contribution >= 4 is 39.1 Å². The molecular formula is C17H17ClN2OS. The number of hydrogen-bond donors (Lipinski definition) is 1. The van der Waals surface area contributed by atoms with Crippen LogP contribution in [-0.4, -0.2) is 17.0 Å². The molecule has 0 saturated carbocycles. The van der Waals surface area contributed by atoms with E-state index in [1.807, 2.05) is 37.3 Å². The number of thiophene rings is 1. The minimum absolute atomic E-state index is 0.0365. The predicted octanol–water partition coefficient (Wildman–Crippen LogP) is 4.46. The van der Waals surface area contributed by atoms with Gasteiger partial charge in [-0.15, -0.1) is 11.3 Å². The topological polar surface area (TPSA) is 34.0 Å². The van der Waals surface area contributed by atoms with Crippen LogP contribution >= 0.6 is 22.9 Å². The van der Waals surface area contributed by atoms with Crippen LogP contribution in [0.25, 0.3) is 10.2 Å². The SMILES string of the molecule is CCNC(=O)c1cc2sc(C)cc2n1Cc1cccc(Cl)c1. The Bertz CT molecular complexity index is 834. The highest BCUT2D eigenvalue weighted by molar-refractivity contribution is 7.19. The Morgan fingerprint density at radius 2 is 2.14 bits per heavy atom. The van der Waals surface area contributed by atoms with Crippen LogP contribution in [0.15, 0.2) is 36.4 Å². The van der Waals surface area contributed by atoms with Gasteiger partial charge in [-0.2, -0.15) is 0 Å². The Kier molecular flexibility index (Phi) is 4.23. The summed E-state index contributed by atoms with van der Waals surface area (Å²) in [5, 5.41) is 3.59. The minimum Gasteiger partial charge on any atom is -0.351 e. The lowest BCUT2D eigenvalue weighted by Crippen LogP contribution is -2.25. The molecule has 1 N–H and O–H groups in total. The number of carbonyl (C=O) groups excluding carboxylic acids is 1. The van der Waals surface area contributed by atoms with Gasteiger partial charge in [0.1, 0.15) is 5.69 Å². The molecule has 1 aromatic carbocycles. The van der Waals surface area contributed by atoms with E-state index in [0.29, 0.717) is 23.8 Å². The molecule has 0 aliphatic rings. The van der Waals surface area contributed by atoms with Gasteiger partial charge in [0.2, 0.25) is 0 Å². The summed E-state index contributed by atoms with van der Waals surface area (Å²) in [6.45, 7) is 5.26. The Balaban J connectivity index is 2.08. The van der Waals surface area contributed by atoms with Crippen molar-refractivity contribution in [2.24, 2.45) is 0 Å². The molecule has 5 heteroatoms. The van der Waals surface area contributed by atoms with Crippen LogP contribution in [0.3, 0.4) is 0 Å². The smallest absolute Gasteiger partial charge is 0.267 e. The maximum atomic E-state index is 12.3. The Hall–Kier alpha value is -1.78. The maximum absolute atomic E-state index is 12.3. The van der Waals surface area contributed by atoms with Gasteiger partial charge in [0, 0.05) is 23.0 Å². The third kappa shape index (κ3) is 2.89. The maximum Gasteiger partial charge on any atom is 0.267 e. The highest BCUT2D eigenvalue weighted by Gasteiger charge is 2.17. The van der Waals surface area contributed by atoms with Gasteiger partial charge in [0.15, 0.2) is 0 Å². The standard InChI is InChI=1S/C17H17ClN2OS/c1-3-19-17(21)15-9-16-14(7-11(2)22-16)20(15)10-12-5-4-6-13(18)8-12/h4-9H,3,10H2,1-2H3,(H,19,21). The molecule has 0 aliphatic carbocycles. The summed E-state index contributed by atoms with van der Waals surface area (Å²) in [6.07, 6.45) is 0. The number of nitrogens with one attached hydrogen (secondary N) is 1. The number of fused-ring (bicyclic) bond motifs is 1. The molecule has 2 aromatic heterocycles. The van der Waals surface area contributed by atoms with E-state index in [2.05, 4.69) is 22.9 Å². The van der Waals surface area contributed by atoms with Crippen molar-refractivity contribution in [1.82, 2.24) is 9.88 Å². The van der Waals surface area contributed by atoms with Crippen LogP contribution in [0.5, 0.6) is 0 Å². The van der Waals surface area contributed by atoms with Crippen LogP contribution in [0, 0.1) is 6.92 Å². The fraction of sp³-hybridized carbons (Fsp3) is 0.235. The summed E-state index contributed by atoms with van der Waals surface area (Å²) in [4.78, 5) is 13.6. The number of halogens is 1. The highest BCUT2D eigenvalue weighted by atomic mass is 35.5. The van der Waals surface area contributed by atoms with Crippen molar-refractivity contribution in [3.8, 4) is 0 Å². The van der Waals surface area contributed by atoms with Crippen LogP contribution in [0.4, 0.5) is 0 Å². The molecule has 3 nitrogen and oxygen atoms in total. The lowest BCUT2D eigenvalue weighted by molar-refractivity contribution is 0.0947. The van der Waals surface area contributed by atoms with Gasteiger partial charge in [0.05, 0.1) is 10.2 Å². The minimum atomic E-state index is -0.0365. The van der Waals surface area contributed by atoms with Crippen molar-refractivity contribution in [2.75, 3.05) is 6.54 Å². The largest absolute Gasteiger partial charge is 0.351 e. The Morgan fingerprint density at radius 1 is 1.32 bits per heavy atom. The predicted molar refractivity (Wildman–Crippen MR) is 93.1 cm³/mol. The fourth-order valence-electron chi connectivity index (χ4n) is 2.59. The first-order valence-electron chi connectivity index (χ1n) is 7.21. The quantitative estimate of drug-likeness (QED) is 0.751. The molecule has 0 unspecified atom stereocenters. The molecule has 0 atom stereocenters. The van der Waals surface area contributed by atoms with Gasteiger partial charge < -0.3 is 9.88 Å². The highest BCUT2D eigenvalue weighted by Crippen LogP contribution is 2.29. The molecule has 3 rings (SSSR count). The zero-order valence-electron chi connectivity index (χ0n) is 12.5. The van der Waals surface area contributed by atoms with Crippen molar-refractivity contribution in [2.45, 2.75) is 20.4 Å². The van der Waals surface area contributed by atoms with E-state index in [9.17, 15) is 4.79 Å². The number of carbonyl (C=O) groups is 1. The van der Waals surface area contributed by atoms with E-state index in [1.165, 1.54) is 4.88 Å². The van der Waals surface area contributed by atoms with Gasteiger partial charge >= 0.3 is 0 Å². The number of benzene rings is 1. The molecule has 1 amide bonds. The molecule has 22 heavy (non-hydrogen) atoms. The first-order chi connectivity index (χ1) is 10.6. The fourth-order valence-corrected chi connectivity index (χ4v) is 3.77. The normalized spacial score (nSPS) is 11.0. The van der Waals surface area contributed by atoms with Gasteiger partial charge in [-0.3, -0.25) is 4.79 Å². The number of hydrogen-bond acceptors (Lipinski definition) is 2. The van der Waals surface area contributed by atoms with Crippen molar-refractivity contribution < 1.29 is 4.79 Å². The molecular weight excluding hydrogens is 316 g/mol. The first kappa shape index (κ1) is 15.1. The lowest BCUT2D eigenvalue weighted by Gasteiger charge is -2.10. The molecule has 0 saturated heterocycles. The Morgan fingerprint density at radius 3 is 2.86 bits per heavy atom. The van der Waals surface area contributed by atoms with Crippen molar-refractivity contribution in [1.29, 1.82) is 0 Å². The molecule has 0 fully saturated rings. The summed E-state index contributed by atoms with van der Waals surface area (Å²) in [7, 11) is 0. The summed E-state index contributed by atoms with van der Waals surface area (Å²) in [5.74, 6) is -0.0365. The van der Waals surface area contributed by atoms with Gasteiger partial charge in [-0.1, -0.05) is 23.7 Å². The van der Waals surface area contributed by atoms with Gasteiger partial charge in [-0.25, -0.2) is 0 Å². The number of aromatic nitrogens is 1. The second-order valence-electron chi connectivity index (χ2n) is 5.21. The second kappa shape index (κ2) is 6.15. The number of amides is 1. The lowest BCUT2D eigenvalue weighted by atomic mass is 10.2. The summed E-state index contributed by atoms with van der Waals surface area (Å²) < 4.78 is 3.20. The Labute approximate surface area is 138 Å². The van der Waals surface area contributed by atoms with E-state index >= 15 is 0 Å². The molecule has 3 aromatic rings. The summed E-state index contributed by atoms with van der Waals surface area (Å²) in [5.41, 5.74) is 2.88. The molecule has 0 spiro atoms. The van der Waals surface area contributed by atoms with E-state index in [4.69, 9.17) is 11.6 Å². The molecule has 0 bridgehead atoms. The average Bonchev–Trinajstić information content (AvgIpc) is 2.97. The van der Waals surface area contributed by atoms with Gasteiger partial charge in [0.25, 0.3) is 5.91 Å². The van der Waals surface area contributed by atoms with E-state index in [-0.39, 0.29) is 5.91 Å². The van der Waals surface area contributed by atoms with Crippen LogP contribution in [-0.2, 0) is 6.54 Å². The number of nitrogens with zero attached hydrogens (tertiary/aromatic N) is 1. The zero-order valence-corrected chi connectivity index (χ0v) is 14.1. The van der Waals surface area contributed by atoms with Crippen LogP contribution < -0.4 is 5.32 Å². The third-order valence-corrected chi connectivity index (χ3v) is 4.73. The zero-order chi connectivity index (χ0) is 15.7. The van der Waals surface area contributed by atoms with Crippen LogP contribution in [0.2, 0.25) is 5.02 Å². The monoisotopic (exact) mass is 332 g/mol.